The molecule has 2 aliphatic heterocycles. The maximum Gasteiger partial charge on any atom is 0.262 e. The largest absolute Gasteiger partial charge is 0.333 e. The lowest BCUT2D eigenvalue weighted by molar-refractivity contribution is 0.250. The van der Waals surface area contributed by atoms with Crippen LogP contribution in [0.1, 0.15) is 38.4 Å². The minimum absolute atomic E-state index is 0. The van der Waals surface area contributed by atoms with Crippen LogP contribution in [-0.2, 0) is 23.0 Å². The highest BCUT2D eigenvalue weighted by atomic mass is 35.5. The van der Waals surface area contributed by atoms with Gasteiger partial charge in [-0.3, -0.25) is 0 Å². The van der Waals surface area contributed by atoms with Crippen molar-refractivity contribution in [2.75, 3.05) is 13.1 Å². The molecule has 126 valence electrons. The fraction of sp³-hybridized carbons (Fsp3) is 0.786. The van der Waals surface area contributed by atoms with Crippen LogP contribution in [0.4, 0.5) is 0 Å². The first-order valence-electron chi connectivity index (χ1n) is 7.80. The molecule has 1 unspecified atom stereocenters. The van der Waals surface area contributed by atoms with Crippen LogP contribution in [0.3, 0.4) is 0 Å². The van der Waals surface area contributed by atoms with E-state index in [0.717, 1.165) is 44.5 Å². The zero-order valence-corrected chi connectivity index (χ0v) is 14.6. The van der Waals surface area contributed by atoms with E-state index in [2.05, 4.69) is 4.98 Å². The molecule has 22 heavy (non-hydrogen) atoms. The number of nitrogens with zero attached hydrogens (tertiary/aromatic N) is 3. The molecule has 2 N–H and O–H groups in total. The molecule has 0 radical (unpaired) electrons. The van der Waals surface area contributed by atoms with Crippen LogP contribution in [0.15, 0.2) is 11.2 Å². The number of sulfonamides is 1. The van der Waals surface area contributed by atoms with Gasteiger partial charge in [0.25, 0.3) is 10.0 Å². The van der Waals surface area contributed by atoms with Crippen molar-refractivity contribution in [3.63, 3.8) is 0 Å². The van der Waals surface area contributed by atoms with Crippen molar-refractivity contribution in [3.05, 3.63) is 12.0 Å². The van der Waals surface area contributed by atoms with Crippen LogP contribution in [0.25, 0.3) is 0 Å². The van der Waals surface area contributed by atoms with Crippen molar-refractivity contribution < 1.29 is 8.42 Å². The molecule has 8 heteroatoms. The molecular formula is C14H25ClN4O2S. The number of piperidine rings is 1. The number of halogens is 1. The van der Waals surface area contributed by atoms with Gasteiger partial charge in [0, 0.05) is 38.3 Å². The molecule has 6 nitrogen and oxygen atoms in total. The summed E-state index contributed by atoms with van der Waals surface area (Å²) in [4.78, 5) is 4.36. The molecule has 0 amide bonds. The van der Waals surface area contributed by atoms with Crippen molar-refractivity contribution in [2.24, 2.45) is 11.7 Å². The summed E-state index contributed by atoms with van der Waals surface area (Å²) in [6, 6.07) is 0.134. The second-order valence-corrected chi connectivity index (χ2v) is 8.13. The molecule has 0 saturated carbocycles. The van der Waals surface area contributed by atoms with Gasteiger partial charge in [-0.2, -0.15) is 4.31 Å². The van der Waals surface area contributed by atoms with Crippen LogP contribution in [-0.4, -0.2) is 41.4 Å². The van der Waals surface area contributed by atoms with Crippen molar-refractivity contribution in [2.45, 2.75) is 56.6 Å². The number of aryl methyl sites for hydroxylation is 2. The van der Waals surface area contributed by atoms with Crippen molar-refractivity contribution in [1.82, 2.24) is 13.9 Å². The second kappa shape index (κ2) is 6.86. The highest BCUT2D eigenvalue weighted by Gasteiger charge is 2.32. The van der Waals surface area contributed by atoms with E-state index in [1.165, 1.54) is 0 Å². The number of fused-ring (bicyclic) bond motifs is 1. The lowest BCUT2D eigenvalue weighted by Gasteiger charge is -2.32. The third kappa shape index (κ3) is 3.32. The summed E-state index contributed by atoms with van der Waals surface area (Å²) in [7, 11) is -3.44. The maximum absolute atomic E-state index is 12.7. The first-order chi connectivity index (χ1) is 9.98. The number of nitrogens with two attached hydrogens (primary N) is 1. The van der Waals surface area contributed by atoms with E-state index in [1.54, 1.807) is 10.5 Å². The first-order valence-corrected chi connectivity index (χ1v) is 9.24. The monoisotopic (exact) mass is 348 g/mol. The van der Waals surface area contributed by atoms with Gasteiger partial charge in [-0.15, -0.1) is 12.4 Å². The minimum atomic E-state index is -3.44. The zero-order chi connectivity index (χ0) is 15.0. The molecule has 3 rings (SSSR count). The van der Waals surface area contributed by atoms with Crippen LogP contribution in [0, 0.1) is 5.92 Å². The number of hydrogen-bond acceptors (Lipinski definition) is 4. The van der Waals surface area contributed by atoms with Crippen molar-refractivity contribution in [3.8, 4) is 0 Å². The Balaban J connectivity index is 0.00000176. The van der Waals surface area contributed by atoms with Crippen molar-refractivity contribution >= 4 is 22.4 Å². The summed E-state index contributed by atoms with van der Waals surface area (Å²) in [6.07, 6.45) is 6.46. The molecule has 2 aliphatic rings. The summed E-state index contributed by atoms with van der Waals surface area (Å²) in [5.74, 6) is 1.33. The Hall–Kier alpha value is -0.630. The molecule has 0 bridgehead atoms. The lowest BCUT2D eigenvalue weighted by atomic mass is 9.92. The Morgan fingerprint density at radius 3 is 2.55 bits per heavy atom. The summed E-state index contributed by atoms with van der Waals surface area (Å²) < 4.78 is 29.0. The molecule has 1 atom stereocenters. The van der Waals surface area contributed by atoms with E-state index in [9.17, 15) is 8.42 Å². The minimum Gasteiger partial charge on any atom is -0.333 e. The standard InChI is InChI=1S/C14H24N4O2S.ClH/c1-11(15)12-5-8-18(9-6-12)21(19,20)14-10-17-7-3-2-4-13(17)16-14;/h10-12H,2-9,15H2,1H3;1H. The van der Waals surface area contributed by atoms with Gasteiger partial charge >= 0.3 is 0 Å². The number of aromatic nitrogens is 2. The van der Waals surface area contributed by atoms with E-state index in [1.807, 2.05) is 11.5 Å². The summed E-state index contributed by atoms with van der Waals surface area (Å²) >= 11 is 0. The quantitative estimate of drug-likeness (QED) is 0.895. The molecule has 1 aromatic rings. The van der Waals surface area contributed by atoms with Gasteiger partial charge in [-0.1, -0.05) is 0 Å². The number of rotatable bonds is 3. The molecule has 3 heterocycles. The topological polar surface area (TPSA) is 81.2 Å². The fourth-order valence-corrected chi connectivity index (χ4v) is 4.72. The molecule has 1 fully saturated rings. The van der Waals surface area contributed by atoms with Gasteiger partial charge in [0.1, 0.15) is 5.82 Å². The number of hydrogen-bond donors (Lipinski definition) is 1. The Bertz CT molecular complexity index is 583. The van der Waals surface area contributed by atoms with Gasteiger partial charge < -0.3 is 10.3 Å². The highest BCUT2D eigenvalue weighted by molar-refractivity contribution is 7.89. The molecule has 0 aromatic carbocycles. The predicted molar refractivity (Wildman–Crippen MR) is 87.5 cm³/mol. The van der Waals surface area contributed by atoms with E-state index in [0.29, 0.717) is 19.0 Å². The Kier molecular flexibility index (Phi) is 5.53. The lowest BCUT2D eigenvalue weighted by Crippen LogP contribution is -2.42. The average Bonchev–Trinajstić information content (AvgIpc) is 2.92. The van der Waals surface area contributed by atoms with Crippen LogP contribution < -0.4 is 5.73 Å². The van der Waals surface area contributed by atoms with E-state index >= 15 is 0 Å². The normalized spacial score (nSPS) is 21.9. The molecular weight excluding hydrogens is 324 g/mol. The maximum atomic E-state index is 12.7. The van der Waals surface area contributed by atoms with Crippen molar-refractivity contribution in [1.29, 1.82) is 0 Å². The summed E-state index contributed by atoms with van der Waals surface area (Å²) in [6.45, 7) is 3.98. The molecule has 0 aliphatic carbocycles. The van der Waals surface area contributed by atoms with Gasteiger partial charge in [0.05, 0.1) is 0 Å². The van der Waals surface area contributed by atoms with Crippen LogP contribution in [0.5, 0.6) is 0 Å². The third-order valence-corrected chi connectivity index (χ3v) is 6.50. The predicted octanol–water partition coefficient (Wildman–Crippen LogP) is 1.39. The van der Waals surface area contributed by atoms with Crippen LogP contribution in [0.2, 0.25) is 0 Å². The Labute approximate surface area is 138 Å². The van der Waals surface area contributed by atoms with Gasteiger partial charge in [-0.05, 0) is 38.5 Å². The third-order valence-electron chi connectivity index (χ3n) is 4.73. The van der Waals surface area contributed by atoms with E-state index in [4.69, 9.17) is 5.73 Å². The molecule has 1 aromatic heterocycles. The summed E-state index contributed by atoms with van der Waals surface area (Å²) in [5.41, 5.74) is 5.92. The van der Waals surface area contributed by atoms with Gasteiger partial charge in [0.2, 0.25) is 0 Å². The zero-order valence-electron chi connectivity index (χ0n) is 12.9. The number of imidazole rings is 1. The Morgan fingerprint density at radius 2 is 1.95 bits per heavy atom. The van der Waals surface area contributed by atoms with E-state index in [-0.39, 0.29) is 23.5 Å². The second-order valence-electron chi connectivity index (χ2n) is 6.25. The average molecular weight is 349 g/mol. The molecule has 0 spiro atoms. The van der Waals surface area contributed by atoms with E-state index < -0.39 is 10.0 Å². The van der Waals surface area contributed by atoms with Crippen LogP contribution >= 0.6 is 12.4 Å². The van der Waals surface area contributed by atoms with Gasteiger partial charge in [0.15, 0.2) is 5.03 Å². The highest BCUT2D eigenvalue weighted by Crippen LogP contribution is 2.26. The molecule has 1 saturated heterocycles. The smallest absolute Gasteiger partial charge is 0.262 e. The Morgan fingerprint density at radius 1 is 1.27 bits per heavy atom. The summed E-state index contributed by atoms with van der Waals surface area (Å²) in [5, 5.41) is 0.221. The first kappa shape index (κ1) is 17.7. The van der Waals surface area contributed by atoms with Gasteiger partial charge in [-0.25, -0.2) is 13.4 Å². The SMILES string of the molecule is CC(N)C1CCN(S(=O)(=O)c2cn3c(n2)CCCC3)CC1.Cl. The fourth-order valence-electron chi connectivity index (χ4n) is 3.28.